The molecule has 2 N–H and O–H groups in total. The minimum absolute atomic E-state index is 0.178. The third kappa shape index (κ3) is 5.33. The summed E-state index contributed by atoms with van der Waals surface area (Å²) < 4.78 is 23.1. The van der Waals surface area contributed by atoms with E-state index in [0.29, 0.717) is 17.3 Å². The first-order chi connectivity index (χ1) is 11.3. The Morgan fingerprint density at radius 3 is 2.54 bits per heavy atom. The van der Waals surface area contributed by atoms with Crippen LogP contribution in [-0.4, -0.2) is 34.2 Å². The maximum atomic E-state index is 12.1. The third-order valence-corrected chi connectivity index (χ3v) is 4.94. The highest BCUT2D eigenvalue weighted by atomic mass is 35.5. The summed E-state index contributed by atoms with van der Waals surface area (Å²) >= 11 is 6.12. The highest BCUT2D eigenvalue weighted by molar-refractivity contribution is 7.90. The Morgan fingerprint density at radius 2 is 1.88 bits per heavy atom. The van der Waals surface area contributed by atoms with Gasteiger partial charge < -0.3 is 10.2 Å². The SMILES string of the molecule is C[NH+](CC(=O)Nc1cccc(S(C)(=O)=O)c1)Cc1ccccc1Cl. The van der Waals surface area contributed by atoms with Crippen LogP contribution in [0.15, 0.2) is 53.4 Å². The molecule has 0 heterocycles. The van der Waals surface area contributed by atoms with Gasteiger partial charge in [0.05, 0.1) is 11.9 Å². The first kappa shape index (κ1) is 18.4. The lowest BCUT2D eigenvalue weighted by Crippen LogP contribution is -3.08. The fraction of sp³-hybridized carbons (Fsp3) is 0.235. The van der Waals surface area contributed by atoms with Crippen molar-refractivity contribution >= 4 is 33.0 Å². The summed E-state index contributed by atoms with van der Waals surface area (Å²) in [6.07, 6.45) is 1.13. The second-order valence-electron chi connectivity index (χ2n) is 5.75. The molecule has 1 amide bonds. The van der Waals surface area contributed by atoms with Crippen LogP contribution in [0.1, 0.15) is 5.56 Å². The Kier molecular flexibility index (Phi) is 5.99. The van der Waals surface area contributed by atoms with Crippen LogP contribution in [0.2, 0.25) is 5.02 Å². The molecular formula is C17H20ClN2O3S+. The Hall–Kier alpha value is -1.89. The van der Waals surface area contributed by atoms with Gasteiger partial charge in [0.25, 0.3) is 5.91 Å². The van der Waals surface area contributed by atoms with Gasteiger partial charge in [-0.05, 0) is 24.3 Å². The van der Waals surface area contributed by atoms with Crippen molar-refractivity contribution in [2.45, 2.75) is 11.4 Å². The Bertz CT molecular complexity index is 837. The van der Waals surface area contributed by atoms with Crippen LogP contribution in [0, 0.1) is 0 Å². The van der Waals surface area contributed by atoms with Crippen LogP contribution < -0.4 is 10.2 Å². The number of halogens is 1. The van der Waals surface area contributed by atoms with Gasteiger partial charge in [0.1, 0.15) is 6.54 Å². The number of hydrogen-bond acceptors (Lipinski definition) is 3. The minimum atomic E-state index is -3.30. The topological polar surface area (TPSA) is 67.7 Å². The largest absolute Gasteiger partial charge is 0.326 e. The molecule has 2 aromatic carbocycles. The molecule has 7 heteroatoms. The summed E-state index contributed by atoms with van der Waals surface area (Å²) in [6, 6.07) is 13.7. The lowest BCUT2D eigenvalue weighted by molar-refractivity contribution is -0.885. The normalized spacial score (nSPS) is 12.6. The smallest absolute Gasteiger partial charge is 0.279 e. The van der Waals surface area contributed by atoms with Gasteiger partial charge in [-0.2, -0.15) is 0 Å². The van der Waals surface area contributed by atoms with Crippen LogP contribution in [0.4, 0.5) is 5.69 Å². The number of quaternary nitrogens is 1. The second-order valence-corrected chi connectivity index (χ2v) is 8.17. The predicted molar refractivity (Wildman–Crippen MR) is 95.1 cm³/mol. The summed E-state index contributed by atoms with van der Waals surface area (Å²) in [5.41, 5.74) is 1.44. The van der Waals surface area contributed by atoms with E-state index in [0.717, 1.165) is 16.7 Å². The molecule has 0 saturated heterocycles. The Labute approximate surface area is 147 Å². The molecule has 0 bridgehead atoms. The zero-order valence-corrected chi connectivity index (χ0v) is 15.1. The summed E-state index contributed by atoms with van der Waals surface area (Å²) in [6.45, 7) is 0.866. The number of carbonyl (C=O) groups excluding carboxylic acids is 1. The van der Waals surface area contributed by atoms with Crippen molar-refractivity contribution in [3.63, 3.8) is 0 Å². The number of amides is 1. The second kappa shape index (κ2) is 7.79. The molecule has 0 spiro atoms. The molecular weight excluding hydrogens is 348 g/mol. The van der Waals surface area contributed by atoms with E-state index < -0.39 is 9.84 Å². The zero-order chi connectivity index (χ0) is 17.7. The van der Waals surface area contributed by atoms with Gasteiger partial charge >= 0.3 is 0 Å². The number of benzene rings is 2. The van der Waals surface area contributed by atoms with Crippen LogP contribution in [0.5, 0.6) is 0 Å². The number of nitrogens with one attached hydrogen (secondary N) is 2. The fourth-order valence-electron chi connectivity index (χ4n) is 2.31. The summed E-state index contributed by atoms with van der Waals surface area (Å²) in [4.78, 5) is 13.3. The van der Waals surface area contributed by atoms with Gasteiger partial charge in [-0.25, -0.2) is 8.42 Å². The van der Waals surface area contributed by atoms with Crippen LogP contribution in [0.3, 0.4) is 0 Å². The number of hydrogen-bond donors (Lipinski definition) is 2. The van der Waals surface area contributed by atoms with Gasteiger partial charge in [-0.1, -0.05) is 35.9 Å². The summed E-state index contributed by atoms with van der Waals surface area (Å²) in [5.74, 6) is -0.190. The molecule has 0 aliphatic rings. The number of likely N-dealkylation sites (N-methyl/N-ethyl adjacent to an activating group) is 1. The minimum Gasteiger partial charge on any atom is -0.326 e. The van der Waals surface area contributed by atoms with Crippen molar-refractivity contribution in [2.75, 3.05) is 25.2 Å². The van der Waals surface area contributed by atoms with E-state index >= 15 is 0 Å². The van der Waals surface area contributed by atoms with E-state index in [4.69, 9.17) is 11.6 Å². The van der Waals surface area contributed by atoms with E-state index in [-0.39, 0.29) is 17.3 Å². The molecule has 0 aliphatic carbocycles. The van der Waals surface area contributed by atoms with E-state index in [2.05, 4.69) is 5.32 Å². The molecule has 128 valence electrons. The van der Waals surface area contributed by atoms with Gasteiger partial charge in [-0.3, -0.25) is 4.79 Å². The summed E-state index contributed by atoms with van der Waals surface area (Å²) in [7, 11) is -1.40. The molecule has 1 atom stereocenters. The molecule has 0 aliphatic heterocycles. The van der Waals surface area contributed by atoms with E-state index in [1.54, 1.807) is 12.1 Å². The highest BCUT2D eigenvalue weighted by Gasteiger charge is 2.13. The van der Waals surface area contributed by atoms with Crippen molar-refractivity contribution in [1.82, 2.24) is 0 Å². The first-order valence-electron chi connectivity index (χ1n) is 7.40. The van der Waals surface area contributed by atoms with Gasteiger partial charge in [0, 0.05) is 22.5 Å². The van der Waals surface area contributed by atoms with Crippen LogP contribution >= 0.6 is 11.6 Å². The van der Waals surface area contributed by atoms with Crippen molar-refractivity contribution in [3.05, 3.63) is 59.1 Å². The molecule has 0 saturated carbocycles. The number of sulfone groups is 1. The molecule has 2 rings (SSSR count). The Morgan fingerprint density at radius 1 is 1.17 bits per heavy atom. The summed E-state index contributed by atoms with van der Waals surface area (Å²) in [5, 5.41) is 3.41. The lowest BCUT2D eigenvalue weighted by atomic mass is 10.2. The van der Waals surface area contributed by atoms with E-state index in [1.807, 2.05) is 31.3 Å². The monoisotopic (exact) mass is 367 g/mol. The highest BCUT2D eigenvalue weighted by Crippen LogP contribution is 2.15. The average Bonchev–Trinajstić information content (AvgIpc) is 2.49. The molecule has 0 fully saturated rings. The standard InChI is InChI=1S/C17H19ClN2O3S/c1-20(11-13-6-3-4-9-16(13)18)12-17(21)19-14-7-5-8-15(10-14)24(2,22)23/h3-10H,11-12H2,1-2H3,(H,19,21)/p+1. The third-order valence-electron chi connectivity index (χ3n) is 3.46. The number of rotatable bonds is 6. The van der Waals surface area contributed by atoms with Crippen molar-refractivity contribution in [1.29, 1.82) is 0 Å². The Balaban J connectivity index is 1.97. The predicted octanol–water partition coefficient (Wildman–Crippen LogP) is 1.40. The quantitative estimate of drug-likeness (QED) is 0.811. The molecule has 1 unspecified atom stereocenters. The van der Waals surface area contributed by atoms with E-state index in [9.17, 15) is 13.2 Å². The molecule has 0 aromatic heterocycles. The van der Waals surface area contributed by atoms with Gasteiger partial charge in [0.15, 0.2) is 16.4 Å². The molecule has 24 heavy (non-hydrogen) atoms. The first-order valence-corrected chi connectivity index (χ1v) is 9.67. The van der Waals surface area contributed by atoms with E-state index in [1.165, 1.54) is 12.1 Å². The van der Waals surface area contributed by atoms with Crippen LogP contribution in [0.25, 0.3) is 0 Å². The van der Waals surface area contributed by atoms with Gasteiger partial charge in [-0.15, -0.1) is 0 Å². The fourth-order valence-corrected chi connectivity index (χ4v) is 3.18. The number of carbonyl (C=O) groups is 1. The molecule has 5 nitrogen and oxygen atoms in total. The molecule has 0 radical (unpaired) electrons. The lowest BCUT2D eigenvalue weighted by Gasteiger charge is -2.15. The maximum Gasteiger partial charge on any atom is 0.279 e. The van der Waals surface area contributed by atoms with Crippen LogP contribution in [-0.2, 0) is 21.2 Å². The maximum absolute atomic E-state index is 12.1. The van der Waals surface area contributed by atoms with Crippen molar-refractivity contribution in [2.24, 2.45) is 0 Å². The zero-order valence-electron chi connectivity index (χ0n) is 13.5. The van der Waals surface area contributed by atoms with Gasteiger partial charge in [0.2, 0.25) is 0 Å². The molecule has 2 aromatic rings. The average molecular weight is 368 g/mol. The van der Waals surface area contributed by atoms with Crippen molar-refractivity contribution in [3.8, 4) is 0 Å². The number of anilines is 1. The van der Waals surface area contributed by atoms with Crippen molar-refractivity contribution < 1.29 is 18.1 Å².